The van der Waals surface area contributed by atoms with Gasteiger partial charge in [0.25, 0.3) is 5.91 Å². The molecule has 0 aliphatic heterocycles. The molecule has 1 fully saturated rings. The van der Waals surface area contributed by atoms with Crippen LogP contribution in [-0.2, 0) is 0 Å². The van der Waals surface area contributed by atoms with Crippen LogP contribution in [0, 0.1) is 0 Å². The number of hydrogen-bond donors (Lipinski definition) is 2. The predicted molar refractivity (Wildman–Crippen MR) is 135 cm³/mol. The fourth-order valence-electron chi connectivity index (χ4n) is 4.85. The largest absolute Gasteiger partial charge is 0.365 e. The van der Waals surface area contributed by atoms with Crippen LogP contribution in [0.4, 0.5) is 0 Å². The molecule has 7 nitrogen and oxygen atoms in total. The minimum absolute atomic E-state index is 0.440. The molecule has 5 rings (SSSR count). The SMILES string of the molecule is CN(C)CCSc1cc(-c2ccc3c(c2)ncn3C2CCCCC2)c2nc[nH]c2c1C(N)=O. The maximum Gasteiger partial charge on any atom is 0.252 e. The summed E-state index contributed by atoms with van der Waals surface area (Å²) in [4.78, 5) is 27.8. The maximum absolute atomic E-state index is 12.3. The van der Waals surface area contributed by atoms with E-state index in [-0.39, 0.29) is 0 Å². The minimum Gasteiger partial charge on any atom is -0.365 e. The first-order chi connectivity index (χ1) is 16.0. The van der Waals surface area contributed by atoms with Crippen LogP contribution in [0.25, 0.3) is 33.2 Å². The second-order valence-corrected chi connectivity index (χ2v) is 10.2. The summed E-state index contributed by atoms with van der Waals surface area (Å²) in [5, 5.41) is 0. The summed E-state index contributed by atoms with van der Waals surface area (Å²) < 4.78 is 2.35. The first kappa shape index (κ1) is 22.0. The standard InChI is InChI=1S/C25H30N6OS/c1-30(2)10-11-33-21-13-18(23-24(28-14-27-23)22(21)25(26)32)16-8-9-20-19(12-16)29-15-31(20)17-6-4-3-5-7-17/h8-9,12-15,17H,3-7,10-11H2,1-2H3,(H2,26,32)(H,27,28). The zero-order valence-electron chi connectivity index (χ0n) is 19.2. The van der Waals surface area contributed by atoms with Gasteiger partial charge in [0.15, 0.2) is 0 Å². The average Bonchev–Trinajstić information content (AvgIpc) is 3.45. The van der Waals surface area contributed by atoms with Crippen molar-refractivity contribution in [2.24, 2.45) is 5.73 Å². The van der Waals surface area contributed by atoms with Crippen molar-refractivity contribution in [3.8, 4) is 11.1 Å². The van der Waals surface area contributed by atoms with Crippen molar-refractivity contribution >= 4 is 39.7 Å². The number of thioether (sulfide) groups is 1. The van der Waals surface area contributed by atoms with Crippen molar-refractivity contribution in [3.05, 3.63) is 42.5 Å². The van der Waals surface area contributed by atoms with Gasteiger partial charge >= 0.3 is 0 Å². The van der Waals surface area contributed by atoms with E-state index in [2.05, 4.69) is 43.7 Å². The number of H-pyrrole nitrogens is 1. The minimum atomic E-state index is -0.440. The number of nitrogens with two attached hydrogens (primary N) is 1. The molecule has 2 aromatic carbocycles. The number of fused-ring (bicyclic) bond motifs is 2. The number of primary amides is 1. The molecule has 2 heterocycles. The molecular weight excluding hydrogens is 432 g/mol. The Kier molecular flexibility index (Phi) is 6.12. The number of aromatic nitrogens is 4. The van der Waals surface area contributed by atoms with E-state index in [1.165, 1.54) is 37.6 Å². The Morgan fingerprint density at radius 1 is 1.21 bits per heavy atom. The molecule has 2 aromatic heterocycles. The lowest BCUT2D eigenvalue weighted by Crippen LogP contribution is -2.16. The van der Waals surface area contributed by atoms with E-state index in [1.54, 1.807) is 18.1 Å². The summed E-state index contributed by atoms with van der Waals surface area (Å²) in [5.74, 6) is 0.418. The Hall–Kier alpha value is -2.84. The van der Waals surface area contributed by atoms with E-state index in [1.807, 2.05) is 20.4 Å². The van der Waals surface area contributed by atoms with E-state index in [4.69, 9.17) is 10.7 Å². The molecule has 0 atom stereocenters. The zero-order chi connectivity index (χ0) is 22.9. The maximum atomic E-state index is 12.3. The molecule has 1 aliphatic carbocycles. The second-order valence-electron chi connectivity index (χ2n) is 9.09. The number of nitrogens with one attached hydrogen (secondary N) is 1. The van der Waals surface area contributed by atoms with Crippen LogP contribution < -0.4 is 5.73 Å². The van der Waals surface area contributed by atoms with E-state index < -0.39 is 5.91 Å². The molecule has 0 saturated heterocycles. The highest BCUT2D eigenvalue weighted by molar-refractivity contribution is 7.99. The van der Waals surface area contributed by atoms with Crippen LogP contribution in [0.5, 0.6) is 0 Å². The summed E-state index contributed by atoms with van der Waals surface area (Å²) >= 11 is 1.65. The third-order valence-corrected chi connectivity index (χ3v) is 7.58. The van der Waals surface area contributed by atoms with E-state index in [0.29, 0.717) is 17.1 Å². The van der Waals surface area contributed by atoms with Gasteiger partial charge < -0.3 is 20.2 Å². The Morgan fingerprint density at radius 3 is 2.79 bits per heavy atom. The number of carbonyl (C=O) groups excluding carboxylic acids is 1. The molecule has 3 N–H and O–H groups in total. The number of rotatable bonds is 7. The summed E-state index contributed by atoms with van der Waals surface area (Å²) in [5.41, 5.74) is 11.9. The van der Waals surface area contributed by atoms with Gasteiger partial charge in [-0.05, 0) is 50.7 Å². The molecule has 1 aliphatic rings. The number of imidazole rings is 2. The van der Waals surface area contributed by atoms with Crippen molar-refractivity contribution in [1.82, 2.24) is 24.4 Å². The molecule has 8 heteroatoms. The average molecular weight is 463 g/mol. The highest BCUT2D eigenvalue weighted by Crippen LogP contribution is 2.37. The van der Waals surface area contributed by atoms with Crippen LogP contribution in [0.3, 0.4) is 0 Å². The van der Waals surface area contributed by atoms with Gasteiger partial charge in [0.05, 0.1) is 40.3 Å². The van der Waals surface area contributed by atoms with Crippen LogP contribution >= 0.6 is 11.8 Å². The number of amides is 1. The first-order valence-corrected chi connectivity index (χ1v) is 12.6. The summed E-state index contributed by atoms with van der Waals surface area (Å²) in [7, 11) is 4.08. The monoisotopic (exact) mass is 462 g/mol. The molecule has 0 bridgehead atoms. The number of carbonyl (C=O) groups is 1. The van der Waals surface area contributed by atoms with Crippen molar-refractivity contribution < 1.29 is 4.79 Å². The van der Waals surface area contributed by atoms with Crippen LogP contribution in [0.2, 0.25) is 0 Å². The Bertz CT molecular complexity index is 1300. The number of nitrogens with zero attached hydrogens (tertiary/aromatic N) is 4. The fraction of sp³-hybridized carbons (Fsp3) is 0.400. The topological polar surface area (TPSA) is 92.8 Å². The van der Waals surface area contributed by atoms with Gasteiger partial charge in [0, 0.05) is 28.8 Å². The van der Waals surface area contributed by atoms with Crippen molar-refractivity contribution in [2.45, 2.75) is 43.0 Å². The van der Waals surface area contributed by atoms with E-state index in [9.17, 15) is 4.79 Å². The predicted octanol–water partition coefficient (Wildman–Crippen LogP) is 4.84. The van der Waals surface area contributed by atoms with Gasteiger partial charge in [0.1, 0.15) is 0 Å². The van der Waals surface area contributed by atoms with Crippen LogP contribution in [0.1, 0.15) is 48.5 Å². The lowest BCUT2D eigenvalue weighted by Gasteiger charge is -2.23. The van der Waals surface area contributed by atoms with Gasteiger partial charge in [-0.2, -0.15) is 0 Å². The fourth-order valence-corrected chi connectivity index (χ4v) is 6.07. The summed E-state index contributed by atoms with van der Waals surface area (Å²) in [6.07, 6.45) is 9.99. The Morgan fingerprint density at radius 2 is 2.03 bits per heavy atom. The Labute approximate surface area is 197 Å². The molecule has 0 unspecified atom stereocenters. The highest BCUT2D eigenvalue weighted by atomic mass is 32.2. The molecule has 0 radical (unpaired) electrons. The molecule has 0 spiro atoms. The molecule has 1 saturated carbocycles. The van der Waals surface area contributed by atoms with Gasteiger partial charge in [0.2, 0.25) is 0 Å². The Balaban J connectivity index is 1.58. The van der Waals surface area contributed by atoms with Crippen molar-refractivity contribution in [1.29, 1.82) is 0 Å². The van der Waals surface area contributed by atoms with Crippen LogP contribution in [-0.4, -0.2) is 56.7 Å². The number of benzene rings is 2. The van der Waals surface area contributed by atoms with E-state index >= 15 is 0 Å². The summed E-state index contributed by atoms with van der Waals surface area (Å²) in [6, 6.07) is 9.05. The van der Waals surface area contributed by atoms with E-state index in [0.717, 1.165) is 39.4 Å². The molecule has 4 aromatic rings. The summed E-state index contributed by atoms with van der Waals surface area (Å²) in [6.45, 7) is 0.907. The lowest BCUT2D eigenvalue weighted by molar-refractivity contribution is 0.0999. The normalized spacial score (nSPS) is 15.1. The van der Waals surface area contributed by atoms with Gasteiger partial charge in [-0.25, -0.2) is 9.97 Å². The highest BCUT2D eigenvalue weighted by Gasteiger charge is 2.21. The zero-order valence-corrected chi connectivity index (χ0v) is 20.0. The van der Waals surface area contributed by atoms with Gasteiger partial charge in [-0.1, -0.05) is 25.3 Å². The molecule has 33 heavy (non-hydrogen) atoms. The van der Waals surface area contributed by atoms with Crippen molar-refractivity contribution in [2.75, 3.05) is 26.4 Å². The second kappa shape index (κ2) is 9.19. The molecule has 1 amide bonds. The van der Waals surface area contributed by atoms with Crippen LogP contribution in [0.15, 0.2) is 41.8 Å². The number of hydrogen-bond acceptors (Lipinski definition) is 5. The van der Waals surface area contributed by atoms with Gasteiger partial charge in [-0.15, -0.1) is 11.8 Å². The first-order valence-electron chi connectivity index (χ1n) is 11.6. The van der Waals surface area contributed by atoms with Gasteiger partial charge in [-0.3, -0.25) is 4.79 Å². The lowest BCUT2D eigenvalue weighted by atomic mass is 9.95. The third kappa shape index (κ3) is 4.25. The molecular formula is C25H30N6OS. The third-order valence-electron chi connectivity index (χ3n) is 6.56. The molecule has 172 valence electrons. The number of aromatic amines is 1. The van der Waals surface area contributed by atoms with Crippen molar-refractivity contribution in [3.63, 3.8) is 0 Å². The smallest absolute Gasteiger partial charge is 0.252 e. The quantitative estimate of drug-likeness (QED) is 0.384.